The Morgan fingerprint density at radius 2 is 1.46 bits per heavy atom. The molecule has 1 aromatic heterocycles. The van der Waals surface area contributed by atoms with E-state index in [9.17, 15) is 4.79 Å². The average Bonchev–Trinajstić information content (AvgIpc) is 3.24. The van der Waals surface area contributed by atoms with Gasteiger partial charge in [-0.2, -0.15) is 0 Å². The number of carbonyl (C=O) groups is 1. The largest absolute Gasteiger partial charge is 0.396 e. The fourth-order valence-corrected chi connectivity index (χ4v) is 4.53. The zero-order valence-electron chi connectivity index (χ0n) is 19.8. The first-order chi connectivity index (χ1) is 17.0. The predicted octanol–water partition coefficient (Wildman–Crippen LogP) is 3.36. The van der Waals surface area contributed by atoms with E-state index in [4.69, 9.17) is 10.8 Å². The van der Waals surface area contributed by atoms with Crippen molar-refractivity contribution in [1.82, 2.24) is 19.7 Å². The molecule has 0 bridgehead atoms. The van der Waals surface area contributed by atoms with Crippen LogP contribution >= 0.6 is 0 Å². The van der Waals surface area contributed by atoms with E-state index in [1.165, 1.54) is 27.8 Å². The summed E-state index contributed by atoms with van der Waals surface area (Å²) in [6.45, 7) is 5.00. The van der Waals surface area contributed by atoms with Crippen LogP contribution in [0.25, 0.3) is 16.8 Å². The molecule has 178 valence electrons. The number of aliphatic hydroxyl groups excluding tert-OH is 1. The molecule has 0 saturated carbocycles. The van der Waals surface area contributed by atoms with Crippen molar-refractivity contribution in [2.75, 3.05) is 19.7 Å². The van der Waals surface area contributed by atoms with Crippen molar-refractivity contribution < 1.29 is 9.90 Å². The standard InChI is InChI=1S/C28H29N5O2/c1-19-30-28(27(29)35)31-33(19)26-12-6-21(7-13-26)14-20-2-8-24(9-3-20)25-10-4-22(5-11-25)15-32-16-23(17-32)18-34/h2-13,23,34H,14-18H2,1H3,(H2,29,35). The molecule has 0 radical (unpaired) electrons. The van der Waals surface area contributed by atoms with Crippen molar-refractivity contribution >= 4 is 5.91 Å². The normalized spacial score (nSPS) is 14.1. The Bertz CT molecular complexity index is 1310. The number of amides is 1. The third-order valence-electron chi connectivity index (χ3n) is 6.52. The topological polar surface area (TPSA) is 97.3 Å². The number of nitrogens with two attached hydrogens (primary N) is 1. The smallest absolute Gasteiger partial charge is 0.288 e. The summed E-state index contributed by atoms with van der Waals surface area (Å²) in [4.78, 5) is 17.8. The van der Waals surface area contributed by atoms with Crippen molar-refractivity contribution in [2.45, 2.75) is 19.9 Å². The number of hydrogen-bond donors (Lipinski definition) is 2. The number of primary amides is 1. The summed E-state index contributed by atoms with van der Waals surface area (Å²) in [5, 5.41) is 13.4. The lowest BCUT2D eigenvalue weighted by molar-refractivity contribution is 0.0479. The van der Waals surface area contributed by atoms with E-state index in [0.717, 1.165) is 31.7 Å². The van der Waals surface area contributed by atoms with Gasteiger partial charge in [0.05, 0.1) is 5.69 Å². The van der Waals surface area contributed by atoms with Crippen molar-refractivity contribution in [3.05, 3.63) is 101 Å². The first kappa shape index (κ1) is 23.0. The number of likely N-dealkylation sites (tertiary alicyclic amines) is 1. The fraction of sp³-hybridized carbons (Fsp3) is 0.250. The third-order valence-corrected chi connectivity index (χ3v) is 6.52. The molecule has 1 amide bonds. The average molecular weight is 468 g/mol. The Hall–Kier alpha value is -3.81. The highest BCUT2D eigenvalue weighted by Gasteiger charge is 2.25. The van der Waals surface area contributed by atoms with E-state index >= 15 is 0 Å². The Morgan fingerprint density at radius 3 is 1.97 bits per heavy atom. The second-order valence-corrected chi connectivity index (χ2v) is 9.24. The molecule has 3 N–H and O–H groups in total. The highest BCUT2D eigenvalue weighted by atomic mass is 16.3. The van der Waals surface area contributed by atoms with Gasteiger partial charge in [0.2, 0.25) is 5.82 Å². The van der Waals surface area contributed by atoms with E-state index in [0.29, 0.717) is 18.3 Å². The zero-order valence-corrected chi connectivity index (χ0v) is 19.8. The summed E-state index contributed by atoms with van der Waals surface area (Å²) >= 11 is 0. The van der Waals surface area contributed by atoms with Gasteiger partial charge in [0.15, 0.2) is 0 Å². The Morgan fingerprint density at radius 1 is 0.914 bits per heavy atom. The van der Waals surface area contributed by atoms with Crippen LogP contribution in [0.3, 0.4) is 0 Å². The van der Waals surface area contributed by atoms with Gasteiger partial charge in [-0.05, 0) is 53.3 Å². The van der Waals surface area contributed by atoms with Gasteiger partial charge >= 0.3 is 0 Å². The van der Waals surface area contributed by atoms with Gasteiger partial charge in [0.1, 0.15) is 5.82 Å². The zero-order chi connectivity index (χ0) is 24.4. The number of benzene rings is 3. The minimum atomic E-state index is -0.633. The van der Waals surface area contributed by atoms with Crippen molar-refractivity contribution in [2.24, 2.45) is 11.7 Å². The van der Waals surface area contributed by atoms with Crippen LogP contribution < -0.4 is 5.73 Å². The second kappa shape index (κ2) is 9.82. The van der Waals surface area contributed by atoms with E-state index in [2.05, 4.69) is 75.6 Å². The van der Waals surface area contributed by atoms with Crippen LogP contribution in [-0.4, -0.2) is 50.4 Å². The molecule has 0 spiro atoms. The van der Waals surface area contributed by atoms with Crippen molar-refractivity contribution in [3.63, 3.8) is 0 Å². The molecule has 1 aliphatic rings. The summed E-state index contributed by atoms with van der Waals surface area (Å²) in [5.41, 5.74) is 12.3. The molecule has 7 heteroatoms. The lowest BCUT2D eigenvalue weighted by Gasteiger charge is -2.38. The Labute approximate surface area is 204 Å². The molecular weight excluding hydrogens is 438 g/mol. The number of rotatable bonds is 8. The highest BCUT2D eigenvalue weighted by molar-refractivity contribution is 5.88. The van der Waals surface area contributed by atoms with Gasteiger partial charge in [-0.3, -0.25) is 9.69 Å². The minimum Gasteiger partial charge on any atom is -0.396 e. The number of carbonyl (C=O) groups excluding carboxylic acids is 1. The lowest BCUT2D eigenvalue weighted by atomic mass is 9.98. The molecule has 0 atom stereocenters. The van der Waals surface area contributed by atoms with Crippen LogP contribution in [0.1, 0.15) is 33.1 Å². The van der Waals surface area contributed by atoms with Gasteiger partial charge in [-0.25, -0.2) is 9.67 Å². The monoisotopic (exact) mass is 467 g/mol. The molecule has 7 nitrogen and oxygen atoms in total. The van der Waals surface area contributed by atoms with Crippen LogP contribution in [0.4, 0.5) is 0 Å². The highest BCUT2D eigenvalue weighted by Crippen LogP contribution is 2.24. The number of hydrogen-bond acceptors (Lipinski definition) is 5. The molecule has 2 heterocycles. The predicted molar refractivity (Wildman–Crippen MR) is 135 cm³/mol. The van der Waals surface area contributed by atoms with E-state index in [1.807, 2.05) is 12.1 Å². The van der Waals surface area contributed by atoms with Crippen molar-refractivity contribution in [3.8, 4) is 16.8 Å². The first-order valence-electron chi connectivity index (χ1n) is 11.8. The lowest BCUT2D eigenvalue weighted by Crippen LogP contribution is -2.47. The summed E-state index contributed by atoms with van der Waals surface area (Å²) < 4.78 is 1.62. The molecule has 35 heavy (non-hydrogen) atoms. The van der Waals surface area contributed by atoms with E-state index < -0.39 is 5.91 Å². The maximum Gasteiger partial charge on any atom is 0.288 e. The summed E-state index contributed by atoms with van der Waals surface area (Å²) in [6.07, 6.45) is 0.826. The molecule has 1 fully saturated rings. The second-order valence-electron chi connectivity index (χ2n) is 9.24. The van der Waals surface area contributed by atoms with Gasteiger partial charge in [-0.15, -0.1) is 5.10 Å². The molecule has 4 aromatic rings. The number of aliphatic hydroxyl groups is 1. The van der Waals surface area contributed by atoms with Crippen molar-refractivity contribution in [1.29, 1.82) is 0 Å². The summed E-state index contributed by atoms with van der Waals surface area (Å²) in [5.74, 6) is 0.450. The molecular formula is C28H29N5O2. The number of aryl methyl sites for hydroxylation is 1. The summed E-state index contributed by atoms with van der Waals surface area (Å²) in [7, 11) is 0. The van der Waals surface area contributed by atoms with Gasteiger partial charge in [-0.1, -0.05) is 60.7 Å². The molecule has 5 rings (SSSR count). The van der Waals surface area contributed by atoms with Crippen LogP contribution in [0.15, 0.2) is 72.8 Å². The van der Waals surface area contributed by atoms with Crippen LogP contribution in [-0.2, 0) is 13.0 Å². The minimum absolute atomic E-state index is 0.0219. The summed E-state index contributed by atoms with van der Waals surface area (Å²) in [6, 6.07) is 25.5. The maximum absolute atomic E-state index is 11.3. The van der Waals surface area contributed by atoms with Gasteiger partial charge < -0.3 is 10.8 Å². The van der Waals surface area contributed by atoms with E-state index in [1.54, 1.807) is 11.6 Å². The van der Waals surface area contributed by atoms with Gasteiger partial charge in [0.25, 0.3) is 5.91 Å². The fourth-order valence-electron chi connectivity index (χ4n) is 4.53. The Kier molecular flexibility index (Phi) is 6.44. The van der Waals surface area contributed by atoms with Crippen LogP contribution in [0.2, 0.25) is 0 Å². The number of aromatic nitrogens is 3. The molecule has 1 saturated heterocycles. The Balaban J connectivity index is 1.20. The van der Waals surface area contributed by atoms with Gasteiger partial charge in [0, 0.05) is 32.2 Å². The maximum atomic E-state index is 11.3. The quantitative estimate of drug-likeness (QED) is 0.414. The number of nitrogens with zero attached hydrogens (tertiary/aromatic N) is 4. The molecule has 0 aliphatic carbocycles. The first-order valence-corrected chi connectivity index (χ1v) is 11.8. The SMILES string of the molecule is Cc1nc(C(N)=O)nn1-c1ccc(Cc2ccc(-c3ccc(CN4CC(CO)C4)cc3)cc2)cc1. The van der Waals surface area contributed by atoms with Crippen LogP contribution in [0, 0.1) is 12.8 Å². The third kappa shape index (κ3) is 5.16. The molecule has 1 aliphatic heterocycles. The molecule has 3 aromatic carbocycles. The van der Waals surface area contributed by atoms with E-state index in [-0.39, 0.29) is 5.82 Å². The van der Waals surface area contributed by atoms with Crippen LogP contribution in [0.5, 0.6) is 0 Å². The molecule has 0 unspecified atom stereocenters.